The molecule has 8 heteroatoms. The van der Waals surface area contributed by atoms with Gasteiger partial charge >= 0.3 is 5.97 Å². The Hall–Kier alpha value is -3.42. The molecule has 1 aliphatic rings. The van der Waals surface area contributed by atoms with Crippen LogP contribution in [-0.2, 0) is 21.4 Å². The van der Waals surface area contributed by atoms with E-state index in [1.54, 1.807) is 31.3 Å². The van der Waals surface area contributed by atoms with Gasteiger partial charge in [-0.1, -0.05) is 12.1 Å². The number of esters is 1. The number of amides is 2. The molecule has 2 heterocycles. The molecule has 27 heavy (non-hydrogen) atoms. The highest BCUT2D eigenvalue weighted by Gasteiger charge is 2.32. The Morgan fingerprint density at radius 3 is 2.59 bits per heavy atom. The molecule has 1 atom stereocenters. The third kappa shape index (κ3) is 3.59. The Bertz CT molecular complexity index is 947. The largest absolute Gasteiger partial charge is 0.448 e. The molecule has 0 bridgehead atoms. The fraction of sp³-hybridized carbons (Fsp3) is 0.263. The minimum absolute atomic E-state index is 0.156. The zero-order valence-corrected chi connectivity index (χ0v) is 15.2. The number of fused-ring (bicyclic) bond motifs is 1. The molecule has 8 nitrogen and oxygen atoms in total. The summed E-state index contributed by atoms with van der Waals surface area (Å²) in [6.07, 6.45) is 0.420. The van der Waals surface area contributed by atoms with Crippen molar-refractivity contribution in [1.82, 2.24) is 4.57 Å². The number of ketones is 1. The van der Waals surface area contributed by atoms with Gasteiger partial charge in [0.1, 0.15) is 12.2 Å². The van der Waals surface area contributed by atoms with E-state index >= 15 is 0 Å². The number of ether oxygens (including phenoxy) is 1. The van der Waals surface area contributed by atoms with E-state index in [0.29, 0.717) is 16.9 Å². The van der Waals surface area contributed by atoms with Gasteiger partial charge in [-0.25, -0.2) is 4.79 Å². The zero-order chi connectivity index (χ0) is 19.7. The number of aryl methyl sites for hydroxylation is 1. The predicted molar refractivity (Wildman–Crippen MR) is 97.7 cm³/mol. The quantitative estimate of drug-likeness (QED) is 0.654. The number of carbonyl (C=O) groups is 4. The van der Waals surface area contributed by atoms with Crippen molar-refractivity contribution in [3.05, 3.63) is 47.8 Å². The smallest absolute Gasteiger partial charge is 0.355 e. The van der Waals surface area contributed by atoms with Gasteiger partial charge in [0.25, 0.3) is 5.91 Å². The maximum atomic E-state index is 12.8. The molecule has 1 aliphatic heterocycles. The third-order valence-electron chi connectivity index (χ3n) is 4.29. The molecule has 0 saturated heterocycles. The number of benzene rings is 1. The summed E-state index contributed by atoms with van der Waals surface area (Å²) in [5.74, 6) is -1.73. The number of rotatable bonds is 4. The summed E-state index contributed by atoms with van der Waals surface area (Å²) in [6, 6.07) is 8.32. The second kappa shape index (κ2) is 7.06. The van der Waals surface area contributed by atoms with Crippen LogP contribution in [0.15, 0.2) is 36.5 Å². The monoisotopic (exact) mass is 369 g/mol. The van der Waals surface area contributed by atoms with Crippen molar-refractivity contribution in [2.24, 2.45) is 7.05 Å². The van der Waals surface area contributed by atoms with Crippen LogP contribution in [0.4, 0.5) is 11.4 Å². The van der Waals surface area contributed by atoms with Gasteiger partial charge < -0.3 is 14.6 Å². The number of aromatic nitrogens is 1. The molecule has 2 amide bonds. The number of nitrogens with zero attached hydrogens (tertiary/aromatic N) is 2. The van der Waals surface area contributed by atoms with Crippen LogP contribution < -0.4 is 10.2 Å². The number of para-hydroxylation sites is 2. The standard InChI is InChI=1S/C19H19N3O5/c1-11(23)13-8-16(21(3)9-13)19(26)27-12(2)18(25)22-10-17(24)20-14-6-4-5-7-15(14)22/h4-9,12H,10H2,1-3H3,(H,20,24)/t12-/m0/s1. The molecule has 2 aromatic rings. The first-order chi connectivity index (χ1) is 12.8. The summed E-state index contributed by atoms with van der Waals surface area (Å²) in [5, 5.41) is 2.70. The third-order valence-corrected chi connectivity index (χ3v) is 4.29. The van der Waals surface area contributed by atoms with Gasteiger partial charge in [0, 0.05) is 18.8 Å². The maximum absolute atomic E-state index is 12.8. The van der Waals surface area contributed by atoms with Gasteiger partial charge in [-0.2, -0.15) is 0 Å². The minimum atomic E-state index is -1.10. The number of Topliss-reactive ketones (excluding diaryl/α,β-unsaturated/α-hetero) is 1. The molecule has 0 fully saturated rings. The molecule has 3 rings (SSSR count). The highest BCUT2D eigenvalue weighted by Crippen LogP contribution is 2.29. The highest BCUT2D eigenvalue weighted by atomic mass is 16.5. The van der Waals surface area contributed by atoms with Gasteiger partial charge in [-0.3, -0.25) is 19.3 Å². The second-order valence-corrected chi connectivity index (χ2v) is 6.32. The van der Waals surface area contributed by atoms with Crippen LogP contribution >= 0.6 is 0 Å². The lowest BCUT2D eigenvalue weighted by atomic mass is 10.1. The number of anilines is 2. The molecule has 0 saturated carbocycles. The van der Waals surface area contributed by atoms with E-state index in [4.69, 9.17) is 4.74 Å². The SMILES string of the molecule is CC(=O)c1cc(C(=O)O[C@@H](C)C(=O)N2CC(=O)Nc3ccccc32)n(C)c1. The van der Waals surface area contributed by atoms with Gasteiger partial charge in [-0.05, 0) is 32.0 Å². The first-order valence-electron chi connectivity index (χ1n) is 8.36. The van der Waals surface area contributed by atoms with Crippen molar-refractivity contribution in [1.29, 1.82) is 0 Å². The average Bonchev–Trinajstić information content (AvgIpc) is 3.02. The fourth-order valence-corrected chi connectivity index (χ4v) is 2.88. The van der Waals surface area contributed by atoms with Crippen molar-refractivity contribution in [3.63, 3.8) is 0 Å². The van der Waals surface area contributed by atoms with E-state index in [2.05, 4.69) is 5.32 Å². The Balaban J connectivity index is 1.77. The molecule has 0 aliphatic carbocycles. The van der Waals surface area contributed by atoms with Crippen LogP contribution in [-0.4, -0.2) is 40.8 Å². The van der Waals surface area contributed by atoms with E-state index in [9.17, 15) is 19.2 Å². The lowest BCUT2D eigenvalue weighted by Gasteiger charge is -2.30. The molecular weight excluding hydrogens is 350 g/mol. The van der Waals surface area contributed by atoms with E-state index in [1.165, 1.54) is 35.6 Å². The minimum Gasteiger partial charge on any atom is -0.448 e. The molecule has 140 valence electrons. The maximum Gasteiger partial charge on any atom is 0.355 e. The summed E-state index contributed by atoms with van der Waals surface area (Å²) in [7, 11) is 1.61. The Morgan fingerprint density at radius 2 is 1.93 bits per heavy atom. The number of carbonyl (C=O) groups excluding carboxylic acids is 4. The first-order valence-corrected chi connectivity index (χ1v) is 8.36. The van der Waals surface area contributed by atoms with Crippen LogP contribution in [0.5, 0.6) is 0 Å². The lowest BCUT2D eigenvalue weighted by Crippen LogP contribution is -2.47. The topological polar surface area (TPSA) is 97.7 Å². The molecule has 0 spiro atoms. The molecule has 0 radical (unpaired) electrons. The Morgan fingerprint density at radius 1 is 1.22 bits per heavy atom. The van der Waals surface area contributed by atoms with Crippen molar-refractivity contribution in [2.75, 3.05) is 16.8 Å². The Kier molecular flexibility index (Phi) is 4.81. The van der Waals surface area contributed by atoms with Crippen LogP contribution in [0, 0.1) is 0 Å². The van der Waals surface area contributed by atoms with E-state index in [0.717, 1.165) is 0 Å². The summed E-state index contributed by atoms with van der Waals surface area (Å²) in [6.45, 7) is 2.69. The van der Waals surface area contributed by atoms with Crippen molar-refractivity contribution < 1.29 is 23.9 Å². The van der Waals surface area contributed by atoms with Gasteiger partial charge in [0.05, 0.1) is 11.4 Å². The average molecular weight is 369 g/mol. The van der Waals surface area contributed by atoms with Crippen molar-refractivity contribution in [2.45, 2.75) is 20.0 Å². The molecule has 1 aromatic heterocycles. The van der Waals surface area contributed by atoms with Gasteiger partial charge in [0.2, 0.25) is 5.91 Å². The summed E-state index contributed by atoms with van der Waals surface area (Å²) in [5.41, 5.74) is 1.61. The number of hydrogen-bond acceptors (Lipinski definition) is 5. The van der Waals surface area contributed by atoms with Crippen LogP contribution in [0.2, 0.25) is 0 Å². The van der Waals surface area contributed by atoms with Crippen molar-refractivity contribution >= 4 is 34.9 Å². The fourth-order valence-electron chi connectivity index (χ4n) is 2.88. The normalized spacial score (nSPS) is 14.2. The van der Waals surface area contributed by atoms with E-state index < -0.39 is 18.0 Å². The number of hydrogen-bond donors (Lipinski definition) is 1. The molecule has 1 aromatic carbocycles. The van der Waals surface area contributed by atoms with Crippen molar-refractivity contribution in [3.8, 4) is 0 Å². The van der Waals surface area contributed by atoms with Crippen LogP contribution in [0.3, 0.4) is 0 Å². The second-order valence-electron chi connectivity index (χ2n) is 6.32. The molecule has 1 N–H and O–H groups in total. The van der Waals surface area contributed by atoms with Crippen LogP contribution in [0.25, 0.3) is 0 Å². The molecule has 0 unspecified atom stereocenters. The van der Waals surface area contributed by atoms with E-state index in [-0.39, 0.29) is 23.9 Å². The van der Waals surface area contributed by atoms with Gasteiger partial charge in [-0.15, -0.1) is 0 Å². The Labute approximate surface area is 155 Å². The zero-order valence-electron chi connectivity index (χ0n) is 15.2. The highest BCUT2D eigenvalue weighted by molar-refractivity contribution is 6.11. The van der Waals surface area contributed by atoms with Crippen LogP contribution in [0.1, 0.15) is 34.7 Å². The summed E-state index contributed by atoms with van der Waals surface area (Å²) < 4.78 is 6.75. The lowest BCUT2D eigenvalue weighted by molar-refractivity contribution is -0.128. The first kappa shape index (κ1) is 18.4. The number of nitrogens with one attached hydrogen (secondary N) is 1. The molecular formula is C19H19N3O5. The predicted octanol–water partition coefficient (Wildman–Crippen LogP) is 1.76. The summed E-state index contributed by atoms with van der Waals surface area (Å²) in [4.78, 5) is 49.8. The van der Waals surface area contributed by atoms with Gasteiger partial charge in [0.15, 0.2) is 11.9 Å². The summed E-state index contributed by atoms with van der Waals surface area (Å²) >= 11 is 0. The van der Waals surface area contributed by atoms with E-state index in [1.807, 2.05) is 0 Å².